The van der Waals surface area contributed by atoms with E-state index in [1.807, 2.05) is 30.3 Å². The van der Waals surface area contributed by atoms with Crippen molar-refractivity contribution < 1.29 is 37.4 Å². The third kappa shape index (κ3) is 10.1. The summed E-state index contributed by atoms with van der Waals surface area (Å²) in [6.07, 6.45) is 2.01. The highest BCUT2D eigenvalue weighted by molar-refractivity contribution is 5.94. The van der Waals surface area contributed by atoms with E-state index in [4.69, 9.17) is 5.11 Å². The fourth-order valence-electron chi connectivity index (χ4n) is 5.93. The Morgan fingerprint density at radius 2 is 1.59 bits per heavy atom. The van der Waals surface area contributed by atoms with Crippen LogP contribution in [0.3, 0.4) is 0 Å². The van der Waals surface area contributed by atoms with Crippen LogP contribution in [0, 0.1) is 0 Å². The molecule has 1 aliphatic rings. The van der Waals surface area contributed by atoms with Crippen LogP contribution in [0.1, 0.15) is 70.6 Å². The van der Waals surface area contributed by atoms with Gasteiger partial charge in [0.05, 0.1) is 12.3 Å². The zero-order valence-electron chi connectivity index (χ0n) is 26.8. The average Bonchev–Trinajstić information content (AvgIpc) is 3.09. The molecular formula is C39H37F3N2O5. The zero-order valence-corrected chi connectivity index (χ0v) is 26.8. The van der Waals surface area contributed by atoms with Gasteiger partial charge in [0, 0.05) is 18.7 Å². The molecule has 1 unspecified atom stereocenters. The zero-order chi connectivity index (χ0) is 34.8. The Labute approximate surface area is 282 Å². The van der Waals surface area contributed by atoms with Gasteiger partial charge in [-0.15, -0.1) is 13.2 Å². The Morgan fingerprint density at radius 3 is 2.29 bits per heavy atom. The molecule has 0 heterocycles. The van der Waals surface area contributed by atoms with Crippen LogP contribution < -0.4 is 15.4 Å². The highest BCUT2D eigenvalue weighted by atomic mass is 19.4. The molecule has 4 aromatic carbocycles. The molecule has 0 aromatic heterocycles. The van der Waals surface area contributed by atoms with Crippen LogP contribution in [0.2, 0.25) is 0 Å². The molecule has 0 spiro atoms. The number of aliphatic carboxylic acids is 1. The van der Waals surface area contributed by atoms with Gasteiger partial charge in [0.15, 0.2) is 0 Å². The van der Waals surface area contributed by atoms with Crippen LogP contribution in [-0.2, 0) is 22.6 Å². The van der Waals surface area contributed by atoms with Crippen molar-refractivity contribution in [3.63, 3.8) is 0 Å². The Morgan fingerprint density at radius 1 is 0.837 bits per heavy atom. The Balaban J connectivity index is 1.35. The molecule has 0 bridgehead atoms. The number of hydrogen-bond acceptors (Lipinski definition) is 4. The van der Waals surface area contributed by atoms with E-state index in [9.17, 15) is 27.6 Å². The molecule has 5 rings (SSSR count). The van der Waals surface area contributed by atoms with E-state index < -0.39 is 18.2 Å². The molecule has 0 saturated carbocycles. The van der Waals surface area contributed by atoms with E-state index in [1.54, 1.807) is 48.5 Å². The smallest absolute Gasteiger partial charge is 0.481 e. The third-order valence-electron chi connectivity index (χ3n) is 8.42. The maximum Gasteiger partial charge on any atom is 0.573 e. The maximum atomic E-state index is 13.9. The van der Waals surface area contributed by atoms with Crippen molar-refractivity contribution >= 4 is 23.4 Å². The number of allylic oxidation sites excluding steroid dienone is 2. The number of carboxylic acid groups (broad SMARTS) is 1. The number of rotatable bonds is 13. The van der Waals surface area contributed by atoms with Crippen molar-refractivity contribution in [2.45, 2.75) is 57.3 Å². The number of carbonyl (C=O) groups is 3. The summed E-state index contributed by atoms with van der Waals surface area (Å²) in [7, 11) is 0. The molecule has 10 heteroatoms. The first-order valence-corrected chi connectivity index (χ1v) is 16.2. The summed E-state index contributed by atoms with van der Waals surface area (Å²) in [4.78, 5) is 37.2. The second-order valence-electron chi connectivity index (χ2n) is 11.9. The van der Waals surface area contributed by atoms with Crippen molar-refractivity contribution in [3.05, 3.63) is 131 Å². The maximum absolute atomic E-state index is 13.9. The normalized spacial score (nSPS) is 13.6. The van der Waals surface area contributed by atoms with Crippen LogP contribution in [0.5, 0.6) is 5.75 Å². The molecule has 2 amide bonds. The fourth-order valence-corrected chi connectivity index (χ4v) is 5.93. The molecule has 3 N–H and O–H groups in total. The van der Waals surface area contributed by atoms with Crippen molar-refractivity contribution in [1.29, 1.82) is 0 Å². The van der Waals surface area contributed by atoms with Gasteiger partial charge in [-0.1, -0.05) is 78.9 Å². The molecule has 1 aliphatic carbocycles. The molecule has 4 aromatic rings. The molecule has 1 atom stereocenters. The molecule has 0 saturated heterocycles. The summed E-state index contributed by atoms with van der Waals surface area (Å²) in [5.41, 5.74) is 6.35. The first-order chi connectivity index (χ1) is 23.6. The van der Waals surface area contributed by atoms with E-state index >= 15 is 0 Å². The number of amides is 2. The van der Waals surface area contributed by atoms with Crippen LogP contribution >= 0.6 is 0 Å². The minimum atomic E-state index is -4.82. The third-order valence-corrected chi connectivity index (χ3v) is 8.42. The summed E-state index contributed by atoms with van der Waals surface area (Å²) in [5.74, 6) is -2.54. The van der Waals surface area contributed by atoms with Crippen molar-refractivity contribution in [2.24, 2.45) is 0 Å². The van der Waals surface area contributed by atoms with Gasteiger partial charge in [-0.05, 0) is 95.3 Å². The van der Waals surface area contributed by atoms with E-state index in [1.165, 1.54) is 30.2 Å². The van der Waals surface area contributed by atoms with Gasteiger partial charge in [-0.25, -0.2) is 0 Å². The lowest BCUT2D eigenvalue weighted by Gasteiger charge is -2.20. The minimum absolute atomic E-state index is 0.0148. The van der Waals surface area contributed by atoms with Crippen molar-refractivity contribution in [3.8, 4) is 16.9 Å². The Hall–Kier alpha value is -5.38. The number of halogens is 3. The van der Waals surface area contributed by atoms with Crippen LogP contribution in [0.4, 0.5) is 13.2 Å². The first kappa shape index (κ1) is 34.9. The van der Waals surface area contributed by atoms with Gasteiger partial charge in [0.2, 0.25) is 5.91 Å². The molecule has 0 aliphatic heterocycles. The van der Waals surface area contributed by atoms with Crippen LogP contribution in [-0.4, -0.2) is 35.8 Å². The molecular weight excluding hydrogens is 633 g/mol. The summed E-state index contributed by atoms with van der Waals surface area (Å²) >= 11 is 0. The van der Waals surface area contributed by atoms with Gasteiger partial charge in [-0.3, -0.25) is 14.4 Å². The van der Waals surface area contributed by atoms with E-state index in [0.29, 0.717) is 23.1 Å². The van der Waals surface area contributed by atoms with Gasteiger partial charge < -0.3 is 20.5 Å². The molecule has 254 valence electrons. The summed E-state index contributed by atoms with van der Waals surface area (Å²) < 4.78 is 42.7. The topological polar surface area (TPSA) is 105 Å². The highest BCUT2D eigenvalue weighted by Gasteiger charge is 2.31. The Kier molecular flexibility index (Phi) is 11.5. The predicted octanol–water partition coefficient (Wildman–Crippen LogP) is 8.06. The largest absolute Gasteiger partial charge is 0.573 e. The van der Waals surface area contributed by atoms with Gasteiger partial charge in [0.25, 0.3) is 5.91 Å². The second kappa shape index (κ2) is 16.1. The van der Waals surface area contributed by atoms with Gasteiger partial charge in [0.1, 0.15) is 5.75 Å². The molecule has 49 heavy (non-hydrogen) atoms. The number of ether oxygens (including phenoxy) is 1. The van der Waals surface area contributed by atoms with Gasteiger partial charge >= 0.3 is 12.3 Å². The molecule has 7 nitrogen and oxygen atoms in total. The van der Waals surface area contributed by atoms with Crippen LogP contribution in [0.15, 0.2) is 103 Å². The standard InChI is InChI=1S/C39H37F3N2O5/c40-39(41,42)49-33-11-6-10-31(24-33)34-12-5-4-9-32(34)25-44-38(48)35(29-19-17-28(18-20-29)27-7-2-1-3-8-27)23-26-13-15-30(16-14-26)37(47)43-22-21-36(45)46/h4-7,9-20,24,35H,1-3,8,21-23,25H2,(H,43,47)(H,44,48)(H,45,46). The van der Waals surface area contributed by atoms with Crippen molar-refractivity contribution in [2.75, 3.05) is 6.54 Å². The summed E-state index contributed by atoms with van der Waals surface area (Å²) in [6.45, 7) is 0.150. The fraction of sp³-hybridized carbons (Fsp3) is 0.256. The van der Waals surface area contributed by atoms with E-state index in [-0.39, 0.29) is 37.1 Å². The van der Waals surface area contributed by atoms with Crippen LogP contribution in [0.25, 0.3) is 16.7 Å². The van der Waals surface area contributed by atoms with E-state index in [0.717, 1.165) is 41.5 Å². The van der Waals surface area contributed by atoms with Crippen molar-refractivity contribution in [1.82, 2.24) is 10.6 Å². The quantitative estimate of drug-likeness (QED) is 0.134. The van der Waals surface area contributed by atoms with E-state index in [2.05, 4.69) is 21.4 Å². The lowest BCUT2D eigenvalue weighted by molar-refractivity contribution is -0.274. The SMILES string of the molecule is O=C(O)CCNC(=O)c1ccc(CC(C(=O)NCc2ccccc2-c2cccc(OC(F)(F)F)c2)c2ccc(C3=CCCCC3)cc2)cc1. The summed E-state index contributed by atoms with van der Waals surface area (Å²) in [5, 5.41) is 14.5. The Bertz CT molecular complexity index is 1800. The molecule has 0 fully saturated rings. The van der Waals surface area contributed by atoms with Gasteiger partial charge in [-0.2, -0.15) is 0 Å². The lowest BCUT2D eigenvalue weighted by atomic mass is 9.88. The number of carboxylic acids is 1. The highest BCUT2D eigenvalue weighted by Crippen LogP contribution is 2.31. The number of benzene rings is 4. The number of nitrogens with one attached hydrogen (secondary N) is 2. The molecule has 0 radical (unpaired) electrons. The first-order valence-electron chi connectivity index (χ1n) is 16.2. The number of alkyl halides is 3. The predicted molar refractivity (Wildman–Crippen MR) is 181 cm³/mol. The lowest BCUT2D eigenvalue weighted by Crippen LogP contribution is -2.30. The number of hydrogen-bond donors (Lipinski definition) is 3. The monoisotopic (exact) mass is 670 g/mol. The minimum Gasteiger partial charge on any atom is -0.481 e. The number of carbonyl (C=O) groups excluding carboxylic acids is 2. The summed E-state index contributed by atoms with van der Waals surface area (Å²) in [6, 6.07) is 27.8. The average molecular weight is 671 g/mol. The second-order valence-corrected chi connectivity index (χ2v) is 11.9.